The van der Waals surface area contributed by atoms with Gasteiger partial charge in [0.15, 0.2) is 0 Å². The molecule has 0 fully saturated rings. The van der Waals surface area contributed by atoms with Gasteiger partial charge >= 0.3 is 0 Å². The van der Waals surface area contributed by atoms with Gasteiger partial charge in [-0.1, -0.05) is 39.0 Å². The van der Waals surface area contributed by atoms with Gasteiger partial charge in [-0.3, -0.25) is 4.79 Å². The summed E-state index contributed by atoms with van der Waals surface area (Å²) in [6.45, 7) is 6.49. The molecule has 0 aliphatic carbocycles. The van der Waals surface area contributed by atoms with E-state index in [0.29, 0.717) is 5.82 Å². The van der Waals surface area contributed by atoms with Crippen LogP contribution in [0.4, 0.5) is 5.69 Å². The first-order chi connectivity index (χ1) is 11.4. The van der Waals surface area contributed by atoms with Crippen molar-refractivity contribution >= 4 is 22.9 Å². The highest BCUT2D eigenvalue weighted by atomic mass is 32.1. The van der Waals surface area contributed by atoms with E-state index in [1.807, 2.05) is 41.8 Å². The Morgan fingerprint density at radius 1 is 1.21 bits per heavy atom. The van der Waals surface area contributed by atoms with E-state index in [2.05, 4.69) is 41.5 Å². The number of benzene rings is 1. The summed E-state index contributed by atoms with van der Waals surface area (Å²) in [4.78, 5) is 14.4. The minimum Gasteiger partial charge on any atom is -0.324 e. The van der Waals surface area contributed by atoms with Crippen molar-refractivity contribution in [3.8, 4) is 10.7 Å². The van der Waals surface area contributed by atoms with E-state index in [1.54, 1.807) is 0 Å². The number of carbonyl (C=O) groups is 1. The fraction of sp³-hybridized carbons (Fsp3) is 0.294. The van der Waals surface area contributed by atoms with Gasteiger partial charge in [0.25, 0.3) is 0 Å². The Bertz CT molecular complexity index is 816. The summed E-state index contributed by atoms with van der Waals surface area (Å²) in [5, 5.41) is 16.9. The summed E-state index contributed by atoms with van der Waals surface area (Å²) in [6, 6.07) is 11.7. The van der Waals surface area contributed by atoms with Crippen LogP contribution < -0.4 is 5.32 Å². The maximum Gasteiger partial charge on any atom is 0.248 e. The number of hydrogen-bond donors (Lipinski definition) is 1. The molecule has 0 saturated heterocycles. The van der Waals surface area contributed by atoms with Gasteiger partial charge in [0.1, 0.15) is 6.54 Å². The zero-order valence-electron chi connectivity index (χ0n) is 13.9. The molecule has 24 heavy (non-hydrogen) atoms. The fourth-order valence-electron chi connectivity index (χ4n) is 2.20. The Morgan fingerprint density at radius 3 is 2.58 bits per heavy atom. The predicted molar refractivity (Wildman–Crippen MR) is 94.9 cm³/mol. The van der Waals surface area contributed by atoms with E-state index >= 15 is 0 Å². The van der Waals surface area contributed by atoms with Crippen molar-refractivity contribution in [2.24, 2.45) is 0 Å². The number of tetrazole rings is 1. The summed E-state index contributed by atoms with van der Waals surface area (Å²) in [5.74, 6) is 0.348. The molecule has 0 bridgehead atoms. The van der Waals surface area contributed by atoms with Crippen molar-refractivity contribution < 1.29 is 4.79 Å². The Kier molecular flexibility index (Phi) is 4.44. The van der Waals surface area contributed by atoms with Crippen LogP contribution >= 0.6 is 11.3 Å². The topological polar surface area (TPSA) is 72.7 Å². The maximum absolute atomic E-state index is 12.1. The first-order valence-corrected chi connectivity index (χ1v) is 8.52. The number of thiophene rings is 1. The second-order valence-electron chi connectivity index (χ2n) is 6.50. The molecular weight excluding hydrogens is 322 g/mol. The minimum absolute atomic E-state index is 0.0272. The Balaban J connectivity index is 1.62. The summed E-state index contributed by atoms with van der Waals surface area (Å²) < 4.78 is 0. The van der Waals surface area contributed by atoms with Crippen LogP contribution in [0.3, 0.4) is 0 Å². The number of nitrogens with zero attached hydrogens (tertiary/aromatic N) is 4. The van der Waals surface area contributed by atoms with Crippen LogP contribution in [0.5, 0.6) is 0 Å². The zero-order valence-corrected chi connectivity index (χ0v) is 14.7. The third kappa shape index (κ3) is 3.86. The van der Waals surface area contributed by atoms with Crippen LogP contribution in [0.25, 0.3) is 10.7 Å². The first kappa shape index (κ1) is 16.3. The number of rotatable bonds is 4. The fourth-order valence-corrected chi connectivity index (χ4v) is 2.85. The van der Waals surface area contributed by atoms with Gasteiger partial charge in [-0.2, -0.15) is 4.80 Å². The number of nitrogens with one attached hydrogen (secondary N) is 1. The SMILES string of the molecule is CC(C)(C)c1ccc(NC(=O)Cn2nnc(-c3cccs3)n2)cc1. The molecule has 6 nitrogen and oxygen atoms in total. The van der Waals surface area contributed by atoms with Crippen LogP contribution in [0.1, 0.15) is 26.3 Å². The van der Waals surface area contributed by atoms with Gasteiger partial charge in [-0.15, -0.1) is 21.5 Å². The second kappa shape index (κ2) is 6.52. The van der Waals surface area contributed by atoms with E-state index in [0.717, 1.165) is 10.6 Å². The molecule has 0 saturated carbocycles. The molecule has 2 heterocycles. The van der Waals surface area contributed by atoms with Crippen molar-refractivity contribution in [1.29, 1.82) is 0 Å². The molecule has 0 aliphatic heterocycles. The third-order valence-electron chi connectivity index (χ3n) is 3.51. The molecular formula is C17H19N5OS. The first-order valence-electron chi connectivity index (χ1n) is 7.64. The molecule has 1 N–H and O–H groups in total. The largest absolute Gasteiger partial charge is 0.324 e. The van der Waals surface area contributed by atoms with Crippen LogP contribution in [0.2, 0.25) is 0 Å². The van der Waals surface area contributed by atoms with Gasteiger partial charge in [0.2, 0.25) is 11.7 Å². The van der Waals surface area contributed by atoms with E-state index in [-0.39, 0.29) is 17.9 Å². The van der Waals surface area contributed by atoms with Crippen molar-refractivity contribution in [1.82, 2.24) is 20.2 Å². The number of hydrogen-bond acceptors (Lipinski definition) is 5. The standard InChI is InChI=1S/C17H19N5OS/c1-17(2,3)12-6-8-13(9-7-12)18-15(23)11-22-20-16(19-21-22)14-5-4-10-24-14/h4-10H,11H2,1-3H3,(H,18,23). The van der Waals surface area contributed by atoms with Crippen LogP contribution in [0.15, 0.2) is 41.8 Å². The number of amides is 1. The van der Waals surface area contributed by atoms with Crippen LogP contribution in [-0.4, -0.2) is 26.1 Å². The summed E-state index contributed by atoms with van der Waals surface area (Å²) in [6.07, 6.45) is 0. The zero-order chi connectivity index (χ0) is 17.2. The molecule has 0 spiro atoms. The summed E-state index contributed by atoms with van der Waals surface area (Å²) in [7, 11) is 0. The van der Waals surface area contributed by atoms with Gasteiger partial charge in [0.05, 0.1) is 4.88 Å². The molecule has 124 valence electrons. The molecule has 3 aromatic rings. The quantitative estimate of drug-likeness (QED) is 0.790. The van der Waals surface area contributed by atoms with Crippen LogP contribution in [-0.2, 0) is 16.8 Å². The average Bonchev–Trinajstić information content (AvgIpc) is 3.17. The van der Waals surface area contributed by atoms with E-state index in [9.17, 15) is 4.79 Å². The van der Waals surface area contributed by atoms with E-state index < -0.39 is 0 Å². The lowest BCUT2D eigenvalue weighted by atomic mass is 9.87. The van der Waals surface area contributed by atoms with Gasteiger partial charge in [0, 0.05) is 5.69 Å². The lowest BCUT2D eigenvalue weighted by Gasteiger charge is -2.19. The van der Waals surface area contributed by atoms with Gasteiger partial charge in [-0.05, 0) is 39.8 Å². The number of anilines is 1. The minimum atomic E-state index is -0.186. The molecule has 0 radical (unpaired) electrons. The van der Waals surface area contributed by atoms with Crippen molar-refractivity contribution in [2.75, 3.05) is 5.32 Å². The molecule has 1 amide bonds. The van der Waals surface area contributed by atoms with E-state index in [4.69, 9.17) is 0 Å². The monoisotopic (exact) mass is 341 g/mol. The highest BCUT2D eigenvalue weighted by molar-refractivity contribution is 7.13. The molecule has 0 atom stereocenters. The predicted octanol–water partition coefficient (Wildman–Crippen LogP) is 3.34. The molecule has 1 aromatic carbocycles. The second-order valence-corrected chi connectivity index (χ2v) is 7.44. The molecule has 7 heteroatoms. The Hall–Kier alpha value is -2.54. The maximum atomic E-state index is 12.1. The Morgan fingerprint density at radius 2 is 1.96 bits per heavy atom. The van der Waals surface area contributed by atoms with Crippen molar-refractivity contribution in [2.45, 2.75) is 32.7 Å². The highest BCUT2D eigenvalue weighted by Gasteiger charge is 2.14. The number of carbonyl (C=O) groups excluding carboxylic acids is 1. The van der Waals surface area contributed by atoms with Gasteiger partial charge < -0.3 is 5.32 Å². The normalized spacial score (nSPS) is 11.5. The summed E-state index contributed by atoms with van der Waals surface area (Å²) in [5.41, 5.74) is 2.07. The molecule has 0 unspecified atom stereocenters. The van der Waals surface area contributed by atoms with Gasteiger partial charge in [-0.25, -0.2) is 0 Å². The molecule has 0 aliphatic rings. The van der Waals surface area contributed by atoms with Crippen molar-refractivity contribution in [3.05, 3.63) is 47.3 Å². The number of aromatic nitrogens is 4. The average molecular weight is 341 g/mol. The smallest absolute Gasteiger partial charge is 0.248 e. The van der Waals surface area contributed by atoms with E-state index in [1.165, 1.54) is 21.7 Å². The van der Waals surface area contributed by atoms with Crippen molar-refractivity contribution in [3.63, 3.8) is 0 Å². The summed E-state index contributed by atoms with van der Waals surface area (Å²) >= 11 is 1.54. The molecule has 2 aromatic heterocycles. The van der Waals surface area contributed by atoms with Crippen LogP contribution in [0, 0.1) is 0 Å². The lowest BCUT2D eigenvalue weighted by molar-refractivity contribution is -0.117. The highest BCUT2D eigenvalue weighted by Crippen LogP contribution is 2.23. The third-order valence-corrected chi connectivity index (χ3v) is 4.38. The Labute approximate surface area is 144 Å². The lowest BCUT2D eigenvalue weighted by Crippen LogP contribution is -2.20. The molecule has 3 rings (SSSR count).